The predicted molar refractivity (Wildman–Crippen MR) is 76.6 cm³/mol. The fourth-order valence-electron chi connectivity index (χ4n) is 2.90. The summed E-state index contributed by atoms with van der Waals surface area (Å²) in [5.41, 5.74) is -0.523. The van der Waals surface area contributed by atoms with E-state index in [0.29, 0.717) is 12.6 Å². The third-order valence-corrected chi connectivity index (χ3v) is 5.49. The Morgan fingerprint density at radius 2 is 2.33 bits per heavy atom. The van der Waals surface area contributed by atoms with Gasteiger partial charge in [0.15, 0.2) is 0 Å². The van der Waals surface area contributed by atoms with E-state index in [9.17, 15) is 13.2 Å². The van der Waals surface area contributed by atoms with Crippen LogP contribution in [-0.4, -0.2) is 56.7 Å². The van der Waals surface area contributed by atoms with Crippen molar-refractivity contribution >= 4 is 10.0 Å². The third kappa shape index (κ3) is 3.18. The molecule has 0 radical (unpaired) electrons. The maximum absolute atomic E-state index is 12.1. The van der Waals surface area contributed by atoms with Crippen LogP contribution in [0.4, 0.5) is 0 Å². The molecule has 116 valence electrons. The van der Waals surface area contributed by atoms with Gasteiger partial charge in [0.2, 0.25) is 15.5 Å². The highest BCUT2D eigenvalue weighted by Crippen LogP contribution is 2.22. The zero-order valence-corrected chi connectivity index (χ0v) is 12.4. The fraction of sp³-hybridized carbons (Fsp3) is 0.615. The van der Waals surface area contributed by atoms with Crippen molar-refractivity contribution in [1.82, 2.24) is 14.6 Å². The molecular weight excluding hydrogens is 294 g/mol. The molecule has 3 heterocycles. The molecule has 2 fully saturated rings. The van der Waals surface area contributed by atoms with Crippen molar-refractivity contribution in [2.75, 3.05) is 26.2 Å². The first-order valence-electron chi connectivity index (χ1n) is 7.09. The van der Waals surface area contributed by atoms with Crippen LogP contribution >= 0.6 is 0 Å². The Balaban J connectivity index is 1.62. The summed E-state index contributed by atoms with van der Waals surface area (Å²) in [5.74, 6) is 0. The molecule has 21 heavy (non-hydrogen) atoms. The van der Waals surface area contributed by atoms with Crippen molar-refractivity contribution in [2.24, 2.45) is 0 Å². The lowest BCUT2D eigenvalue weighted by Crippen LogP contribution is -2.50. The van der Waals surface area contributed by atoms with Crippen LogP contribution in [0.1, 0.15) is 12.8 Å². The lowest BCUT2D eigenvalue weighted by Gasteiger charge is -2.35. The van der Waals surface area contributed by atoms with Crippen molar-refractivity contribution in [3.8, 4) is 0 Å². The van der Waals surface area contributed by atoms with Crippen LogP contribution in [0.3, 0.4) is 0 Å². The standard InChI is InChI=1S/C13H19N3O4S/c17-12-3-4-14-7-13(12)21(18,19)15-6-11-8-16-5-1-2-10(16)9-20-11/h3-4,7,10-11,15H,1-2,5-6,8-9H2,(H,14,17). The van der Waals surface area contributed by atoms with Gasteiger partial charge < -0.3 is 9.72 Å². The number of nitrogens with zero attached hydrogens (tertiary/aromatic N) is 1. The first-order chi connectivity index (χ1) is 10.1. The van der Waals surface area contributed by atoms with Gasteiger partial charge in [0.05, 0.1) is 12.7 Å². The molecule has 2 N–H and O–H groups in total. The normalized spacial score (nSPS) is 26.7. The Bertz CT molecular complexity index is 657. The van der Waals surface area contributed by atoms with E-state index in [1.54, 1.807) is 0 Å². The molecule has 3 rings (SSSR count). The molecule has 0 amide bonds. The molecule has 0 saturated carbocycles. The number of hydrogen-bond donors (Lipinski definition) is 2. The van der Waals surface area contributed by atoms with Crippen molar-refractivity contribution < 1.29 is 13.2 Å². The number of morpholine rings is 1. The van der Waals surface area contributed by atoms with Crippen molar-refractivity contribution in [2.45, 2.75) is 29.9 Å². The van der Waals surface area contributed by atoms with Gasteiger partial charge in [-0.1, -0.05) is 0 Å². The van der Waals surface area contributed by atoms with Crippen LogP contribution in [0.5, 0.6) is 0 Å². The number of nitrogens with one attached hydrogen (secondary N) is 2. The van der Waals surface area contributed by atoms with Crippen LogP contribution in [0.2, 0.25) is 0 Å². The molecule has 2 atom stereocenters. The zero-order chi connectivity index (χ0) is 14.9. The highest BCUT2D eigenvalue weighted by atomic mass is 32.2. The topological polar surface area (TPSA) is 91.5 Å². The Labute approximate surface area is 123 Å². The van der Waals surface area contributed by atoms with E-state index in [2.05, 4.69) is 14.6 Å². The monoisotopic (exact) mass is 313 g/mol. The molecular formula is C13H19N3O4S. The number of rotatable bonds is 4. The highest BCUT2D eigenvalue weighted by Gasteiger charge is 2.32. The average molecular weight is 313 g/mol. The van der Waals surface area contributed by atoms with Gasteiger partial charge in [0, 0.05) is 37.6 Å². The van der Waals surface area contributed by atoms with Crippen molar-refractivity contribution in [3.63, 3.8) is 0 Å². The first kappa shape index (κ1) is 14.7. The number of aromatic nitrogens is 1. The van der Waals surface area contributed by atoms with E-state index in [1.807, 2.05) is 0 Å². The van der Waals surface area contributed by atoms with E-state index in [1.165, 1.54) is 24.9 Å². The summed E-state index contributed by atoms with van der Waals surface area (Å²) in [6.07, 6.45) is 4.75. The van der Waals surface area contributed by atoms with Gasteiger partial charge in [-0.3, -0.25) is 9.69 Å². The SMILES string of the molecule is O=c1cc[nH]cc1S(=O)(=O)NCC1CN2CCCC2CO1. The predicted octanol–water partition coefficient (Wildman–Crippen LogP) is -0.484. The Hall–Kier alpha value is -1.22. The van der Waals surface area contributed by atoms with Gasteiger partial charge in [-0.15, -0.1) is 0 Å². The second-order valence-corrected chi connectivity index (χ2v) is 7.21. The number of sulfonamides is 1. The lowest BCUT2D eigenvalue weighted by molar-refractivity contribution is -0.0449. The molecule has 0 aromatic carbocycles. The van der Waals surface area contributed by atoms with Crippen LogP contribution in [0.25, 0.3) is 0 Å². The number of fused-ring (bicyclic) bond motifs is 1. The molecule has 1 aromatic rings. The molecule has 2 unspecified atom stereocenters. The first-order valence-corrected chi connectivity index (χ1v) is 8.57. The van der Waals surface area contributed by atoms with E-state index in [4.69, 9.17) is 4.74 Å². The Morgan fingerprint density at radius 3 is 3.14 bits per heavy atom. The number of hydrogen-bond acceptors (Lipinski definition) is 5. The largest absolute Gasteiger partial charge is 0.374 e. The van der Waals surface area contributed by atoms with E-state index in [0.717, 1.165) is 19.5 Å². The number of ether oxygens (including phenoxy) is 1. The minimum absolute atomic E-state index is 0.170. The van der Waals surface area contributed by atoms with Gasteiger partial charge in [0.1, 0.15) is 4.90 Å². The van der Waals surface area contributed by atoms with Gasteiger partial charge in [-0.25, -0.2) is 13.1 Å². The fourth-order valence-corrected chi connectivity index (χ4v) is 4.02. The van der Waals surface area contributed by atoms with Gasteiger partial charge in [-0.05, 0) is 19.4 Å². The molecule has 7 nitrogen and oxygen atoms in total. The second-order valence-electron chi connectivity index (χ2n) is 5.47. The number of aromatic amines is 1. The third-order valence-electron chi connectivity index (χ3n) is 4.04. The Morgan fingerprint density at radius 1 is 1.48 bits per heavy atom. The van der Waals surface area contributed by atoms with E-state index in [-0.39, 0.29) is 17.5 Å². The molecule has 8 heteroatoms. The maximum atomic E-state index is 12.1. The molecule has 0 spiro atoms. The molecule has 2 saturated heterocycles. The smallest absolute Gasteiger partial charge is 0.246 e. The minimum Gasteiger partial charge on any atom is -0.374 e. The molecule has 1 aromatic heterocycles. The summed E-state index contributed by atoms with van der Waals surface area (Å²) in [7, 11) is -3.80. The van der Waals surface area contributed by atoms with Crippen molar-refractivity contribution in [1.29, 1.82) is 0 Å². The zero-order valence-electron chi connectivity index (χ0n) is 11.6. The van der Waals surface area contributed by atoms with Gasteiger partial charge >= 0.3 is 0 Å². The highest BCUT2D eigenvalue weighted by molar-refractivity contribution is 7.89. The quantitative estimate of drug-likeness (QED) is 0.783. The van der Waals surface area contributed by atoms with Crippen LogP contribution < -0.4 is 10.2 Å². The summed E-state index contributed by atoms with van der Waals surface area (Å²) in [5, 5.41) is 0. The van der Waals surface area contributed by atoms with E-state index < -0.39 is 15.5 Å². The maximum Gasteiger partial charge on any atom is 0.246 e. The average Bonchev–Trinajstić information content (AvgIpc) is 2.93. The summed E-state index contributed by atoms with van der Waals surface area (Å²) < 4.78 is 32.4. The Kier molecular flexibility index (Phi) is 4.12. The van der Waals surface area contributed by atoms with Crippen LogP contribution in [0.15, 0.2) is 28.2 Å². The van der Waals surface area contributed by atoms with Gasteiger partial charge in [0.25, 0.3) is 0 Å². The lowest BCUT2D eigenvalue weighted by atomic mass is 10.2. The van der Waals surface area contributed by atoms with Crippen LogP contribution in [-0.2, 0) is 14.8 Å². The second kappa shape index (κ2) is 5.88. The van der Waals surface area contributed by atoms with Crippen LogP contribution in [0, 0.1) is 0 Å². The molecule has 0 aliphatic carbocycles. The molecule has 2 aliphatic heterocycles. The van der Waals surface area contributed by atoms with E-state index >= 15 is 0 Å². The summed E-state index contributed by atoms with van der Waals surface area (Å²) in [4.78, 5) is 16.3. The summed E-state index contributed by atoms with van der Waals surface area (Å²) in [6, 6.07) is 1.68. The minimum atomic E-state index is -3.80. The summed E-state index contributed by atoms with van der Waals surface area (Å²) in [6.45, 7) is 2.62. The number of H-pyrrole nitrogens is 1. The molecule has 2 aliphatic rings. The van der Waals surface area contributed by atoms with Crippen molar-refractivity contribution in [3.05, 3.63) is 28.7 Å². The molecule has 0 bridgehead atoms. The number of pyridine rings is 1. The van der Waals surface area contributed by atoms with Gasteiger partial charge in [-0.2, -0.15) is 0 Å². The summed E-state index contributed by atoms with van der Waals surface area (Å²) >= 11 is 0.